The molecule has 2 rings (SSSR count). The van der Waals surface area contributed by atoms with E-state index in [-0.39, 0.29) is 18.6 Å². The highest BCUT2D eigenvalue weighted by molar-refractivity contribution is 5.93. The lowest BCUT2D eigenvalue weighted by atomic mass is 9.97. The molecule has 1 aliphatic rings. The van der Waals surface area contributed by atoms with Crippen LogP contribution in [0.1, 0.15) is 44.1 Å². The maximum absolute atomic E-state index is 12.2. The molecule has 0 spiro atoms. The van der Waals surface area contributed by atoms with Crippen LogP contribution in [0.15, 0.2) is 18.2 Å². The molecule has 2 N–H and O–H groups in total. The molecule has 1 heterocycles. The van der Waals surface area contributed by atoms with Gasteiger partial charge in [-0.25, -0.2) is 4.98 Å². The summed E-state index contributed by atoms with van der Waals surface area (Å²) in [6, 6.07) is 5.11. The van der Waals surface area contributed by atoms with Gasteiger partial charge in [-0.2, -0.15) is 0 Å². The van der Waals surface area contributed by atoms with Crippen molar-refractivity contribution in [3.05, 3.63) is 23.9 Å². The molecule has 0 bridgehead atoms. The van der Waals surface area contributed by atoms with E-state index in [1.54, 1.807) is 18.2 Å². The Morgan fingerprint density at radius 2 is 2.25 bits per heavy atom. The van der Waals surface area contributed by atoms with Crippen molar-refractivity contribution in [3.8, 4) is 5.88 Å². The van der Waals surface area contributed by atoms with Crippen LogP contribution in [0.2, 0.25) is 0 Å². The Bertz CT molecular complexity index is 486. The molecule has 5 heteroatoms. The molecular formula is C15H22N2O3. The topological polar surface area (TPSA) is 71.5 Å². The summed E-state index contributed by atoms with van der Waals surface area (Å²) in [7, 11) is 0. The van der Waals surface area contributed by atoms with Gasteiger partial charge in [0.1, 0.15) is 5.69 Å². The van der Waals surface area contributed by atoms with Gasteiger partial charge in [-0.3, -0.25) is 4.79 Å². The van der Waals surface area contributed by atoms with Crippen LogP contribution in [0.5, 0.6) is 5.88 Å². The maximum atomic E-state index is 12.2. The molecule has 1 saturated carbocycles. The van der Waals surface area contributed by atoms with Crippen LogP contribution in [0.25, 0.3) is 0 Å². The van der Waals surface area contributed by atoms with Gasteiger partial charge in [0.15, 0.2) is 0 Å². The van der Waals surface area contributed by atoms with E-state index in [0.29, 0.717) is 17.5 Å². The van der Waals surface area contributed by atoms with Crippen molar-refractivity contribution < 1.29 is 14.6 Å². The average molecular weight is 278 g/mol. The Morgan fingerprint density at radius 1 is 1.55 bits per heavy atom. The van der Waals surface area contributed by atoms with E-state index < -0.39 is 5.54 Å². The number of nitrogens with one attached hydrogen (secondary N) is 1. The van der Waals surface area contributed by atoms with Gasteiger partial charge in [0.05, 0.1) is 18.2 Å². The van der Waals surface area contributed by atoms with Crippen LogP contribution in [-0.4, -0.2) is 34.2 Å². The zero-order chi connectivity index (χ0) is 14.8. The second-order valence-corrected chi connectivity index (χ2v) is 5.83. The minimum absolute atomic E-state index is 0.00924. The monoisotopic (exact) mass is 278 g/mol. The highest BCUT2D eigenvalue weighted by Gasteiger charge is 2.42. The molecule has 1 atom stereocenters. The molecular weight excluding hydrogens is 256 g/mol. The molecule has 0 radical (unpaired) electrons. The van der Waals surface area contributed by atoms with Gasteiger partial charge in [-0.05, 0) is 45.6 Å². The quantitative estimate of drug-likeness (QED) is 0.831. The van der Waals surface area contributed by atoms with Crippen LogP contribution in [0.3, 0.4) is 0 Å². The molecule has 1 aliphatic carbocycles. The zero-order valence-electron chi connectivity index (χ0n) is 12.2. The summed E-state index contributed by atoms with van der Waals surface area (Å²) in [6.45, 7) is 5.62. The van der Waals surface area contributed by atoms with Gasteiger partial charge < -0.3 is 15.2 Å². The first-order chi connectivity index (χ1) is 9.44. The number of carbonyl (C=O) groups excluding carboxylic acids is 1. The summed E-state index contributed by atoms with van der Waals surface area (Å²) in [5, 5.41) is 12.4. The highest BCUT2D eigenvalue weighted by atomic mass is 16.5. The van der Waals surface area contributed by atoms with Crippen LogP contribution in [-0.2, 0) is 0 Å². The molecule has 1 fully saturated rings. The summed E-state index contributed by atoms with van der Waals surface area (Å²) < 4.78 is 5.48. The summed E-state index contributed by atoms with van der Waals surface area (Å²) in [5.74, 6) is 0.513. The fraction of sp³-hybridized carbons (Fsp3) is 0.600. The fourth-order valence-corrected chi connectivity index (χ4v) is 2.16. The third kappa shape index (κ3) is 3.48. The molecule has 1 aromatic rings. The number of pyridine rings is 1. The smallest absolute Gasteiger partial charge is 0.270 e. The average Bonchev–Trinajstić information content (AvgIpc) is 3.22. The number of hydrogen-bond donors (Lipinski definition) is 2. The second kappa shape index (κ2) is 5.79. The van der Waals surface area contributed by atoms with E-state index in [0.717, 1.165) is 12.8 Å². The Labute approximate surface area is 119 Å². The summed E-state index contributed by atoms with van der Waals surface area (Å²) in [4.78, 5) is 16.4. The maximum Gasteiger partial charge on any atom is 0.270 e. The first-order valence-corrected chi connectivity index (χ1v) is 7.01. The Kier molecular flexibility index (Phi) is 4.28. The van der Waals surface area contributed by atoms with Crippen molar-refractivity contribution in [2.75, 3.05) is 6.61 Å². The predicted molar refractivity (Wildman–Crippen MR) is 75.7 cm³/mol. The standard InChI is InChI=1S/C15H22N2O3/c1-10(2)20-13-6-4-5-12(16-13)14(19)17-15(3,9-18)11-7-8-11/h4-6,10-11,18H,7-9H2,1-3H3,(H,17,19). The zero-order valence-corrected chi connectivity index (χ0v) is 12.2. The number of aliphatic hydroxyl groups excluding tert-OH is 1. The fourth-order valence-electron chi connectivity index (χ4n) is 2.16. The SMILES string of the molecule is CC(C)Oc1cccc(C(=O)NC(C)(CO)C2CC2)n1. The molecule has 5 nitrogen and oxygen atoms in total. The van der Waals surface area contributed by atoms with Gasteiger partial charge >= 0.3 is 0 Å². The first-order valence-electron chi connectivity index (χ1n) is 7.01. The molecule has 0 aromatic carbocycles. The lowest BCUT2D eigenvalue weighted by molar-refractivity contribution is 0.0818. The summed E-state index contributed by atoms with van der Waals surface area (Å²) in [6.07, 6.45) is 2.10. The number of aromatic nitrogens is 1. The largest absolute Gasteiger partial charge is 0.475 e. The molecule has 0 saturated heterocycles. The molecule has 110 valence electrons. The van der Waals surface area contributed by atoms with Crippen molar-refractivity contribution in [1.29, 1.82) is 0 Å². The Morgan fingerprint density at radius 3 is 2.80 bits per heavy atom. The van der Waals surface area contributed by atoms with Crippen molar-refractivity contribution in [1.82, 2.24) is 10.3 Å². The number of carbonyl (C=O) groups is 1. The lowest BCUT2D eigenvalue weighted by Gasteiger charge is -2.28. The number of nitrogens with zero attached hydrogens (tertiary/aromatic N) is 1. The van der Waals surface area contributed by atoms with Crippen molar-refractivity contribution in [3.63, 3.8) is 0 Å². The van der Waals surface area contributed by atoms with E-state index >= 15 is 0 Å². The lowest BCUT2D eigenvalue weighted by Crippen LogP contribution is -2.50. The molecule has 1 unspecified atom stereocenters. The third-order valence-corrected chi connectivity index (χ3v) is 3.52. The van der Waals surface area contributed by atoms with Gasteiger partial charge in [-0.15, -0.1) is 0 Å². The van der Waals surface area contributed by atoms with E-state index in [1.165, 1.54) is 0 Å². The minimum atomic E-state index is -0.562. The number of ether oxygens (including phenoxy) is 1. The Hall–Kier alpha value is -1.62. The molecule has 20 heavy (non-hydrogen) atoms. The van der Waals surface area contributed by atoms with Crippen LogP contribution < -0.4 is 10.1 Å². The summed E-state index contributed by atoms with van der Waals surface area (Å²) >= 11 is 0. The van der Waals surface area contributed by atoms with Gasteiger partial charge in [0.25, 0.3) is 5.91 Å². The van der Waals surface area contributed by atoms with Gasteiger partial charge in [0, 0.05) is 6.07 Å². The van der Waals surface area contributed by atoms with Crippen LogP contribution >= 0.6 is 0 Å². The van der Waals surface area contributed by atoms with E-state index in [4.69, 9.17) is 4.74 Å². The predicted octanol–water partition coefficient (Wildman–Crippen LogP) is 1.76. The molecule has 1 amide bonds. The summed E-state index contributed by atoms with van der Waals surface area (Å²) in [5.41, 5.74) is -0.253. The normalized spacial score (nSPS) is 17.6. The highest BCUT2D eigenvalue weighted by Crippen LogP contribution is 2.39. The van der Waals surface area contributed by atoms with E-state index in [9.17, 15) is 9.90 Å². The Balaban J connectivity index is 2.08. The van der Waals surface area contributed by atoms with Gasteiger partial charge in [-0.1, -0.05) is 6.07 Å². The number of aliphatic hydroxyl groups is 1. The van der Waals surface area contributed by atoms with Gasteiger partial charge in [0.2, 0.25) is 5.88 Å². The number of rotatable bonds is 6. The molecule has 0 aliphatic heterocycles. The van der Waals surface area contributed by atoms with Crippen LogP contribution in [0.4, 0.5) is 0 Å². The van der Waals surface area contributed by atoms with Crippen molar-refractivity contribution in [2.45, 2.75) is 45.3 Å². The second-order valence-electron chi connectivity index (χ2n) is 5.83. The third-order valence-electron chi connectivity index (χ3n) is 3.52. The van der Waals surface area contributed by atoms with E-state index in [2.05, 4.69) is 10.3 Å². The number of hydrogen-bond acceptors (Lipinski definition) is 4. The number of amides is 1. The first kappa shape index (κ1) is 14.8. The minimum Gasteiger partial charge on any atom is -0.475 e. The van der Waals surface area contributed by atoms with Crippen molar-refractivity contribution in [2.24, 2.45) is 5.92 Å². The molecule has 1 aromatic heterocycles. The van der Waals surface area contributed by atoms with E-state index in [1.807, 2.05) is 20.8 Å². The van der Waals surface area contributed by atoms with Crippen molar-refractivity contribution >= 4 is 5.91 Å². The van der Waals surface area contributed by atoms with Crippen LogP contribution in [0, 0.1) is 5.92 Å².